The van der Waals surface area contributed by atoms with Crippen LogP contribution in [0.15, 0.2) is 21.3 Å². The highest BCUT2D eigenvalue weighted by molar-refractivity contribution is 5.86. The molecule has 1 aliphatic carbocycles. The fraction of sp³-hybridized carbons (Fsp3) is 0.444. The molecule has 6 nitrogen and oxygen atoms in total. The number of carbonyl (C=O) groups is 1. The number of phenolic OH excluding ortho intramolecular Hbond substituents is 1. The highest BCUT2D eigenvalue weighted by Gasteiger charge is 2.23. The fourth-order valence-electron chi connectivity index (χ4n) is 3.39. The molecule has 0 spiro atoms. The predicted molar refractivity (Wildman–Crippen MR) is 89.3 cm³/mol. The van der Waals surface area contributed by atoms with E-state index >= 15 is 0 Å². The van der Waals surface area contributed by atoms with E-state index in [0.717, 1.165) is 42.2 Å². The zero-order valence-electron chi connectivity index (χ0n) is 13.6. The van der Waals surface area contributed by atoms with Gasteiger partial charge < -0.3 is 19.9 Å². The van der Waals surface area contributed by atoms with E-state index < -0.39 is 12.0 Å². The minimum atomic E-state index is -0.932. The van der Waals surface area contributed by atoms with Gasteiger partial charge in [-0.2, -0.15) is 0 Å². The van der Waals surface area contributed by atoms with Crippen LogP contribution in [0.3, 0.4) is 0 Å². The molecule has 2 aromatic rings. The molecule has 1 aliphatic rings. The molecule has 1 aromatic heterocycles. The molecule has 128 valence electrons. The van der Waals surface area contributed by atoms with Gasteiger partial charge in [0.05, 0.1) is 5.56 Å². The van der Waals surface area contributed by atoms with Gasteiger partial charge in [-0.15, -0.1) is 0 Å². The average molecular weight is 331 g/mol. The molecule has 1 aromatic carbocycles. The average Bonchev–Trinajstić information content (AvgIpc) is 3.03. The van der Waals surface area contributed by atoms with Crippen molar-refractivity contribution in [3.8, 4) is 5.75 Å². The first-order valence-corrected chi connectivity index (χ1v) is 8.28. The summed E-state index contributed by atoms with van der Waals surface area (Å²) in [5.41, 5.74) is 2.15. The number of rotatable bonds is 6. The van der Waals surface area contributed by atoms with Gasteiger partial charge in [-0.05, 0) is 43.4 Å². The van der Waals surface area contributed by atoms with Crippen molar-refractivity contribution in [2.45, 2.75) is 51.6 Å². The lowest BCUT2D eigenvalue weighted by Crippen LogP contribution is -2.36. The van der Waals surface area contributed by atoms with Crippen LogP contribution in [-0.2, 0) is 24.2 Å². The summed E-state index contributed by atoms with van der Waals surface area (Å²) in [6.45, 7) is 2.04. The van der Waals surface area contributed by atoms with Crippen LogP contribution >= 0.6 is 0 Å². The van der Waals surface area contributed by atoms with Crippen molar-refractivity contribution >= 4 is 16.9 Å². The number of carboxylic acids is 1. The lowest BCUT2D eigenvalue weighted by Gasteiger charge is -2.15. The second kappa shape index (κ2) is 6.65. The van der Waals surface area contributed by atoms with Crippen molar-refractivity contribution in [2.24, 2.45) is 0 Å². The van der Waals surface area contributed by atoms with Gasteiger partial charge in [0.1, 0.15) is 17.4 Å². The fourth-order valence-corrected chi connectivity index (χ4v) is 3.39. The van der Waals surface area contributed by atoms with Crippen molar-refractivity contribution in [2.75, 3.05) is 0 Å². The Kier molecular flexibility index (Phi) is 4.57. The van der Waals surface area contributed by atoms with E-state index in [4.69, 9.17) is 4.42 Å². The second-order valence-electron chi connectivity index (χ2n) is 6.20. The van der Waals surface area contributed by atoms with Crippen molar-refractivity contribution < 1.29 is 19.4 Å². The zero-order valence-corrected chi connectivity index (χ0v) is 13.6. The van der Waals surface area contributed by atoms with Gasteiger partial charge in [0.25, 0.3) is 0 Å². The van der Waals surface area contributed by atoms with E-state index in [1.54, 1.807) is 12.1 Å². The van der Waals surface area contributed by atoms with Crippen LogP contribution in [0.2, 0.25) is 0 Å². The van der Waals surface area contributed by atoms with Crippen LogP contribution in [-0.4, -0.2) is 22.2 Å². The Labute approximate surface area is 139 Å². The number of benzene rings is 1. The molecule has 24 heavy (non-hydrogen) atoms. The molecule has 1 unspecified atom stereocenters. The molecule has 0 radical (unpaired) electrons. The Bertz CT molecular complexity index is 839. The summed E-state index contributed by atoms with van der Waals surface area (Å²) < 4.78 is 5.47. The maximum absolute atomic E-state index is 12.2. The lowest BCUT2D eigenvalue weighted by atomic mass is 10.0. The standard InChI is InChI=1S/C18H21NO5/c1-2-4-14(17(21)22)19-9-13-15(20)8-7-11-10-5-3-6-12(10)18(23)24-16(11)13/h7-8,14,19-20H,2-6,9H2,1H3,(H,21,22). The van der Waals surface area contributed by atoms with Crippen molar-refractivity contribution in [3.05, 3.63) is 39.2 Å². The van der Waals surface area contributed by atoms with E-state index in [1.165, 1.54) is 0 Å². The maximum atomic E-state index is 12.2. The molecule has 0 bridgehead atoms. The first kappa shape index (κ1) is 16.5. The van der Waals surface area contributed by atoms with Crippen LogP contribution in [0.5, 0.6) is 5.75 Å². The van der Waals surface area contributed by atoms with Gasteiger partial charge in [0.15, 0.2) is 0 Å². The number of carboxylic acid groups (broad SMARTS) is 1. The second-order valence-corrected chi connectivity index (χ2v) is 6.20. The van der Waals surface area contributed by atoms with Crippen LogP contribution in [0.25, 0.3) is 11.0 Å². The Morgan fingerprint density at radius 2 is 2.08 bits per heavy atom. The van der Waals surface area contributed by atoms with E-state index in [0.29, 0.717) is 17.6 Å². The molecular formula is C18H21NO5. The Morgan fingerprint density at radius 1 is 1.33 bits per heavy atom. The zero-order chi connectivity index (χ0) is 17.3. The molecule has 3 N–H and O–H groups in total. The van der Waals surface area contributed by atoms with E-state index in [9.17, 15) is 19.8 Å². The lowest BCUT2D eigenvalue weighted by molar-refractivity contribution is -0.139. The van der Waals surface area contributed by atoms with E-state index in [2.05, 4.69) is 5.32 Å². The number of aromatic hydroxyl groups is 1. The topological polar surface area (TPSA) is 99.8 Å². The highest BCUT2D eigenvalue weighted by Crippen LogP contribution is 2.33. The summed E-state index contributed by atoms with van der Waals surface area (Å²) in [7, 11) is 0. The number of fused-ring (bicyclic) bond motifs is 3. The van der Waals surface area contributed by atoms with Gasteiger partial charge in [0.2, 0.25) is 0 Å². The molecule has 1 atom stereocenters. The molecule has 0 saturated heterocycles. The maximum Gasteiger partial charge on any atom is 0.339 e. The molecule has 0 amide bonds. The predicted octanol–water partition coefficient (Wildman–Crippen LogP) is 2.33. The Balaban J connectivity index is 2.01. The van der Waals surface area contributed by atoms with Crippen molar-refractivity contribution in [1.29, 1.82) is 0 Å². The first-order chi connectivity index (χ1) is 11.5. The van der Waals surface area contributed by atoms with Gasteiger partial charge in [-0.3, -0.25) is 4.79 Å². The molecular weight excluding hydrogens is 310 g/mol. The summed E-state index contributed by atoms with van der Waals surface area (Å²) in [6.07, 6.45) is 3.68. The SMILES string of the molecule is CCCC(NCc1c(O)ccc2c3c(c(=O)oc12)CCC3)C(=O)O. The molecule has 0 saturated carbocycles. The normalized spacial score (nSPS) is 14.7. The minimum absolute atomic E-state index is 0.00302. The summed E-state index contributed by atoms with van der Waals surface area (Å²) in [6, 6.07) is 2.64. The highest BCUT2D eigenvalue weighted by atomic mass is 16.4. The summed E-state index contributed by atoms with van der Waals surface area (Å²) >= 11 is 0. The summed E-state index contributed by atoms with van der Waals surface area (Å²) in [5.74, 6) is -0.935. The number of phenols is 1. The van der Waals surface area contributed by atoms with Gasteiger partial charge in [0, 0.05) is 17.5 Å². The summed E-state index contributed by atoms with van der Waals surface area (Å²) in [5, 5.41) is 23.2. The van der Waals surface area contributed by atoms with E-state index in [-0.39, 0.29) is 17.9 Å². The smallest absolute Gasteiger partial charge is 0.339 e. The molecule has 0 fully saturated rings. The van der Waals surface area contributed by atoms with E-state index in [1.807, 2.05) is 6.92 Å². The number of aryl methyl sites for hydroxylation is 1. The van der Waals surface area contributed by atoms with Gasteiger partial charge in [-0.1, -0.05) is 13.3 Å². The Hall–Kier alpha value is -2.34. The quantitative estimate of drug-likeness (QED) is 0.703. The van der Waals surface area contributed by atoms with Crippen LogP contribution in [0.1, 0.15) is 42.9 Å². The van der Waals surface area contributed by atoms with Crippen molar-refractivity contribution in [3.63, 3.8) is 0 Å². The number of hydrogen-bond acceptors (Lipinski definition) is 5. The molecule has 3 rings (SSSR count). The van der Waals surface area contributed by atoms with Crippen LogP contribution in [0.4, 0.5) is 0 Å². The number of aliphatic carboxylic acids is 1. The first-order valence-electron chi connectivity index (χ1n) is 8.28. The van der Waals surface area contributed by atoms with Gasteiger partial charge in [-0.25, -0.2) is 4.79 Å². The van der Waals surface area contributed by atoms with Crippen LogP contribution < -0.4 is 10.9 Å². The molecule has 6 heteroatoms. The molecule has 0 aliphatic heterocycles. The number of nitrogens with one attached hydrogen (secondary N) is 1. The Morgan fingerprint density at radius 3 is 2.79 bits per heavy atom. The molecule has 1 heterocycles. The third kappa shape index (κ3) is 2.89. The largest absolute Gasteiger partial charge is 0.507 e. The third-order valence-corrected chi connectivity index (χ3v) is 4.62. The minimum Gasteiger partial charge on any atom is -0.507 e. The van der Waals surface area contributed by atoms with Crippen LogP contribution in [0, 0.1) is 0 Å². The van der Waals surface area contributed by atoms with Gasteiger partial charge >= 0.3 is 11.6 Å². The van der Waals surface area contributed by atoms with Crippen molar-refractivity contribution in [1.82, 2.24) is 5.32 Å². The third-order valence-electron chi connectivity index (χ3n) is 4.62. The monoisotopic (exact) mass is 331 g/mol. The summed E-state index contributed by atoms with van der Waals surface area (Å²) in [4.78, 5) is 23.4. The number of hydrogen-bond donors (Lipinski definition) is 3.